The van der Waals surface area contributed by atoms with Crippen LogP contribution in [0.3, 0.4) is 0 Å². The van der Waals surface area contributed by atoms with Gasteiger partial charge in [-0.15, -0.1) is 0 Å². The molecule has 2 nitrogen and oxygen atoms in total. The lowest BCUT2D eigenvalue weighted by molar-refractivity contribution is -0.143. The monoisotopic (exact) mass is 365 g/mol. The summed E-state index contributed by atoms with van der Waals surface area (Å²) < 4.78 is 0. The second-order valence-electron chi connectivity index (χ2n) is 7.83. The van der Waals surface area contributed by atoms with Crippen molar-refractivity contribution in [2.75, 3.05) is 0 Å². The first-order chi connectivity index (χ1) is 12.8. The molecule has 26 heavy (non-hydrogen) atoms. The van der Waals surface area contributed by atoms with Gasteiger partial charge in [0.2, 0.25) is 0 Å². The van der Waals surface area contributed by atoms with Gasteiger partial charge < -0.3 is 0 Å². The molecular weight excluding hydrogens is 320 g/mol. The average Bonchev–Trinajstić information content (AvgIpc) is 2.62. The zero-order valence-corrected chi connectivity index (χ0v) is 17.6. The minimum Gasteiger partial charge on any atom is -0.247 e. The van der Waals surface area contributed by atoms with Crippen molar-refractivity contribution in [2.24, 2.45) is 0 Å². The van der Waals surface area contributed by atoms with Gasteiger partial charge in [0.15, 0.2) is 0 Å². The highest BCUT2D eigenvalue weighted by Gasteiger charge is 1.98. The van der Waals surface area contributed by atoms with Crippen molar-refractivity contribution in [1.82, 2.24) is 0 Å². The Kier molecular flexibility index (Phi) is 21.6. The standard InChI is InChI=1S/C24H45O2/c1-2-3-4-5-6-7-8-9-10-11-12-13-14-15-16-17-18-19-20-21-22-23-24(25)26/h9-10H,2-8,11-23H2,1H3/b10-9-. The van der Waals surface area contributed by atoms with Crippen LogP contribution >= 0.6 is 0 Å². The van der Waals surface area contributed by atoms with Crippen LogP contribution in [0.25, 0.3) is 0 Å². The fourth-order valence-corrected chi connectivity index (χ4v) is 3.40. The van der Waals surface area contributed by atoms with Crippen molar-refractivity contribution in [2.45, 2.75) is 135 Å². The van der Waals surface area contributed by atoms with Crippen LogP contribution in [0.15, 0.2) is 12.2 Å². The molecule has 153 valence electrons. The smallest absolute Gasteiger partial charge is 0.247 e. The van der Waals surface area contributed by atoms with Gasteiger partial charge in [-0.3, -0.25) is 0 Å². The molecule has 2 heteroatoms. The molecule has 0 spiro atoms. The summed E-state index contributed by atoms with van der Waals surface area (Å²) in [5.41, 5.74) is 0. The molecule has 0 bridgehead atoms. The average molecular weight is 366 g/mol. The molecule has 0 aromatic rings. The summed E-state index contributed by atoms with van der Waals surface area (Å²) >= 11 is 0. The van der Waals surface area contributed by atoms with E-state index in [1.165, 1.54) is 109 Å². The lowest BCUT2D eigenvalue weighted by atomic mass is 10.0. The highest BCUT2D eigenvalue weighted by molar-refractivity contribution is 5.66. The maximum atomic E-state index is 10.3. The minimum absolute atomic E-state index is 0.230. The molecular formula is C24H45O2. The van der Waals surface area contributed by atoms with Gasteiger partial charge in [-0.25, -0.2) is 9.90 Å². The molecule has 0 heterocycles. The summed E-state index contributed by atoms with van der Waals surface area (Å²) in [6, 6.07) is 0. The summed E-state index contributed by atoms with van der Waals surface area (Å²) in [6.07, 6.45) is 29.7. The predicted octanol–water partition coefficient (Wildman–Crippen LogP) is 8.32. The molecule has 0 aliphatic heterocycles. The molecule has 0 aliphatic rings. The van der Waals surface area contributed by atoms with Crippen LogP contribution in [0.2, 0.25) is 0 Å². The van der Waals surface area contributed by atoms with Gasteiger partial charge in [0.25, 0.3) is 0 Å². The van der Waals surface area contributed by atoms with Gasteiger partial charge >= 0.3 is 5.97 Å². The number of carbonyl (C=O) groups excluding carboxylic acids is 1. The minimum atomic E-state index is -0.904. The first kappa shape index (κ1) is 25.2. The molecule has 0 aromatic heterocycles. The van der Waals surface area contributed by atoms with Gasteiger partial charge in [0, 0.05) is 0 Å². The highest BCUT2D eigenvalue weighted by atomic mass is 16.4. The molecule has 0 amide bonds. The van der Waals surface area contributed by atoms with Crippen molar-refractivity contribution in [1.29, 1.82) is 0 Å². The lowest BCUT2D eigenvalue weighted by Crippen LogP contribution is -1.91. The fourth-order valence-electron chi connectivity index (χ4n) is 3.40. The van der Waals surface area contributed by atoms with E-state index < -0.39 is 5.97 Å². The second-order valence-corrected chi connectivity index (χ2v) is 7.83. The molecule has 0 saturated heterocycles. The normalized spacial score (nSPS) is 11.4. The third-order valence-electron chi connectivity index (χ3n) is 5.14. The maximum absolute atomic E-state index is 10.3. The van der Waals surface area contributed by atoms with E-state index in [1.807, 2.05) is 0 Å². The Bertz CT molecular complexity index is 309. The van der Waals surface area contributed by atoms with E-state index >= 15 is 0 Å². The van der Waals surface area contributed by atoms with Gasteiger partial charge in [-0.1, -0.05) is 109 Å². The number of hydrogen-bond donors (Lipinski definition) is 0. The Balaban J connectivity index is 3.06. The maximum Gasteiger partial charge on any atom is 0.355 e. The Hall–Kier alpha value is -0.790. The van der Waals surface area contributed by atoms with Crippen molar-refractivity contribution in [3.63, 3.8) is 0 Å². The van der Waals surface area contributed by atoms with Gasteiger partial charge in [0.1, 0.15) is 0 Å². The van der Waals surface area contributed by atoms with Crippen LogP contribution in [-0.2, 0) is 9.90 Å². The molecule has 0 fully saturated rings. The SMILES string of the molecule is CCCCCCCC/C=C\CCCCCCCCCCCCCC([O])=O. The zero-order chi connectivity index (χ0) is 19.1. The van der Waals surface area contributed by atoms with Crippen LogP contribution in [-0.4, -0.2) is 5.97 Å². The van der Waals surface area contributed by atoms with E-state index in [1.54, 1.807) is 0 Å². The summed E-state index contributed by atoms with van der Waals surface area (Å²) in [5, 5.41) is 10.3. The van der Waals surface area contributed by atoms with E-state index in [0.29, 0.717) is 0 Å². The van der Waals surface area contributed by atoms with E-state index in [2.05, 4.69) is 19.1 Å². The number of allylic oxidation sites excluding steroid dienone is 2. The molecule has 0 aromatic carbocycles. The van der Waals surface area contributed by atoms with Crippen LogP contribution < -0.4 is 0 Å². The molecule has 0 saturated carbocycles. The molecule has 0 N–H and O–H groups in total. The van der Waals surface area contributed by atoms with E-state index in [-0.39, 0.29) is 6.42 Å². The Morgan fingerprint density at radius 1 is 0.538 bits per heavy atom. The van der Waals surface area contributed by atoms with E-state index in [4.69, 9.17) is 0 Å². The first-order valence-electron chi connectivity index (χ1n) is 11.6. The number of hydrogen-bond acceptors (Lipinski definition) is 1. The second kappa shape index (κ2) is 22.3. The Morgan fingerprint density at radius 2 is 0.885 bits per heavy atom. The quantitative estimate of drug-likeness (QED) is 0.149. The van der Waals surface area contributed by atoms with Crippen LogP contribution in [0.4, 0.5) is 0 Å². The largest absolute Gasteiger partial charge is 0.355 e. The van der Waals surface area contributed by atoms with Crippen molar-refractivity contribution < 1.29 is 9.90 Å². The number of carbonyl (C=O) groups is 1. The van der Waals surface area contributed by atoms with Crippen LogP contribution in [0, 0.1) is 0 Å². The molecule has 0 unspecified atom stereocenters. The zero-order valence-electron chi connectivity index (χ0n) is 17.6. The molecule has 0 aliphatic carbocycles. The van der Waals surface area contributed by atoms with Gasteiger partial charge in [-0.05, 0) is 32.1 Å². The first-order valence-corrected chi connectivity index (χ1v) is 11.6. The Morgan fingerprint density at radius 3 is 1.27 bits per heavy atom. The Labute approximate surface area is 163 Å². The lowest BCUT2D eigenvalue weighted by Gasteiger charge is -2.02. The molecule has 1 radical (unpaired) electrons. The van der Waals surface area contributed by atoms with Crippen molar-refractivity contribution in [3.8, 4) is 0 Å². The van der Waals surface area contributed by atoms with Crippen LogP contribution in [0.1, 0.15) is 135 Å². The summed E-state index contributed by atoms with van der Waals surface area (Å²) in [4.78, 5) is 10.3. The summed E-state index contributed by atoms with van der Waals surface area (Å²) in [5.74, 6) is -0.904. The van der Waals surface area contributed by atoms with E-state index in [9.17, 15) is 9.90 Å². The van der Waals surface area contributed by atoms with Crippen molar-refractivity contribution >= 4 is 5.97 Å². The predicted molar refractivity (Wildman–Crippen MR) is 113 cm³/mol. The molecule has 0 rings (SSSR count). The fraction of sp³-hybridized carbons (Fsp3) is 0.875. The highest BCUT2D eigenvalue weighted by Crippen LogP contribution is 2.13. The van der Waals surface area contributed by atoms with Gasteiger partial charge in [-0.2, -0.15) is 0 Å². The number of unbranched alkanes of at least 4 members (excludes halogenated alkanes) is 17. The topological polar surface area (TPSA) is 37.0 Å². The third kappa shape index (κ3) is 23.2. The number of rotatable bonds is 21. The van der Waals surface area contributed by atoms with Crippen LogP contribution in [0.5, 0.6) is 0 Å². The van der Waals surface area contributed by atoms with Gasteiger partial charge in [0.05, 0.1) is 6.42 Å². The summed E-state index contributed by atoms with van der Waals surface area (Å²) in [7, 11) is 0. The molecule has 0 atom stereocenters. The van der Waals surface area contributed by atoms with E-state index in [0.717, 1.165) is 12.8 Å². The van der Waals surface area contributed by atoms with Crippen molar-refractivity contribution in [3.05, 3.63) is 12.2 Å². The summed E-state index contributed by atoms with van der Waals surface area (Å²) in [6.45, 7) is 2.27. The third-order valence-corrected chi connectivity index (χ3v) is 5.14.